The Morgan fingerprint density at radius 3 is 1.70 bits per heavy atom. The minimum Gasteiger partial charge on any atom is -0.450 e. The molecule has 0 saturated heterocycles. The van der Waals surface area contributed by atoms with Gasteiger partial charge in [-0.2, -0.15) is 0 Å². The van der Waals surface area contributed by atoms with Gasteiger partial charge in [-0.15, -0.1) is 0 Å². The fourth-order valence-corrected chi connectivity index (χ4v) is 3.19. The summed E-state index contributed by atoms with van der Waals surface area (Å²) in [6.45, 7) is 2.40. The first kappa shape index (κ1) is 23.6. The fraction of sp³-hybridized carbons (Fsp3) is 0.160. The lowest BCUT2D eigenvalue weighted by Crippen LogP contribution is -2.24. The van der Waals surface area contributed by atoms with E-state index in [9.17, 15) is 14.4 Å². The van der Waals surface area contributed by atoms with Gasteiger partial charge in [0.05, 0.1) is 0 Å². The van der Waals surface area contributed by atoms with Crippen molar-refractivity contribution in [3.8, 4) is 11.5 Å². The highest BCUT2D eigenvalue weighted by atomic mass is 16.7. The lowest BCUT2D eigenvalue weighted by Gasteiger charge is -2.22. The number of carbonyl (C=O) groups is 3. The summed E-state index contributed by atoms with van der Waals surface area (Å²) in [7, 11) is 0. The molecule has 0 aliphatic carbocycles. The molecule has 0 unspecified atom stereocenters. The van der Waals surface area contributed by atoms with E-state index in [0.717, 1.165) is 11.1 Å². The molecule has 8 nitrogen and oxygen atoms in total. The van der Waals surface area contributed by atoms with Crippen LogP contribution in [-0.2, 0) is 24.0 Å². The molecule has 1 atom stereocenters. The highest BCUT2D eigenvalue weighted by molar-refractivity contribution is 5.78. The predicted molar refractivity (Wildman–Crippen MR) is 118 cm³/mol. The van der Waals surface area contributed by atoms with Gasteiger partial charge in [-0.05, 0) is 28.8 Å². The van der Waals surface area contributed by atoms with Gasteiger partial charge in [-0.3, -0.25) is 14.4 Å². The Kier molecular flexibility index (Phi) is 7.91. The van der Waals surface area contributed by atoms with E-state index in [-0.39, 0.29) is 17.1 Å². The minimum absolute atomic E-state index is 0.0111. The monoisotopic (exact) mass is 449 g/mol. The van der Waals surface area contributed by atoms with Gasteiger partial charge < -0.3 is 14.2 Å². The van der Waals surface area contributed by atoms with Crippen LogP contribution < -0.4 is 15.4 Å². The largest absolute Gasteiger partial charge is 0.450 e. The van der Waals surface area contributed by atoms with Gasteiger partial charge in [0.25, 0.3) is 0 Å². The van der Waals surface area contributed by atoms with Crippen molar-refractivity contribution in [2.45, 2.75) is 26.1 Å². The van der Waals surface area contributed by atoms with E-state index >= 15 is 0 Å². The summed E-state index contributed by atoms with van der Waals surface area (Å²) in [4.78, 5) is 40.9. The van der Waals surface area contributed by atoms with Crippen LogP contribution in [0.3, 0.4) is 0 Å². The van der Waals surface area contributed by atoms with Gasteiger partial charge in [0.2, 0.25) is 6.10 Å². The molecule has 0 saturated carbocycles. The first-order valence-corrected chi connectivity index (χ1v) is 10.1. The number of hydrogen-bond acceptors (Lipinski definition) is 8. The summed E-state index contributed by atoms with van der Waals surface area (Å²) >= 11 is 0. The summed E-state index contributed by atoms with van der Waals surface area (Å²) in [6.07, 6.45) is -2.04. The molecule has 0 amide bonds. The Hall–Kier alpha value is -4.01. The Balaban J connectivity index is 1.92. The van der Waals surface area contributed by atoms with Gasteiger partial charge in [-0.1, -0.05) is 66.7 Å². The number of rotatable bonds is 8. The van der Waals surface area contributed by atoms with E-state index < -0.39 is 30.1 Å². The van der Waals surface area contributed by atoms with Gasteiger partial charge in [0, 0.05) is 13.8 Å². The molecular formula is C25H23NO7. The van der Waals surface area contributed by atoms with Gasteiger partial charge in [-0.25, -0.2) is 10.7 Å². The molecule has 3 aromatic rings. The van der Waals surface area contributed by atoms with Crippen LogP contribution in [0.4, 0.5) is 0 Å². The predicted octanol–water partition coefficient (Wildman–Crippen LogP) is 3.80. The van der Waals surface area contributed by atoms with Crippen molar-refractivity contribution in [2.24, 2.45) is 5.90 Å². The molecule has 33 heavy (non-hydrogen) atoms. The zero-order chi connectivity index (χ0) is 23.8. The van der Waals surface area contributed by atoms with Crippen molar-refractivity contribution < 1.29 is 33.4 Å². The van der Waals surface area contributed by atoms with Crippen molar-refractivity contribution in [3.05, 3.63) is 95.6 Å². The summed E-state index contributed by atoms with van der Waals surface area (Å²) in [5.74, 6) is 3.39. The molecule has 0 aliphatic rings. The molecule has 8 heteroatoms. The highest BCUT2D eigenvalue weighted by Gasteiger charge is 2.29. The number of nitrogens with two attached hydrogens (primary N) is 1. The number of esters is 3. The van der Waals surface area contributed by atoms with Crippen LogP contribution in [0.2, 0.25) is 0 Å². The topological polar surface area (TPSA) is 114 Å². The summed E-state index contributed by atoms with van der Waals surface area (Å²) in [5, 5.41) is 0. The number of carbonyl (C=O) groups excluding carboxylic acids is 3. The summed E-state index contributed by atoms with van der Waals surface area (Å²) in [6, 6.07) is 22.6. The lowest BCUT2D eigenvalue weighted by molar-refractivity contribution is -0.162. The standard InChI is InChI=1S/C25H23NO7/c1-16(27)30-21-14-13-20(15-22(21)31-17(2)28)24(33-26)25(29)32-23(18-9-5-3-6-10-18)19-11-7-4-8-12-19/h3-15,23-24H,26H2,1-2H3/t24-/m0/s1. The van der Waals surface area contributed by atoms with Crippen molar-refractivity contribution in [3.63, 3.8) is 0 Å². The maximum Gasteiger partial charge on any atom is 0.343 e. The Labute approximate surface area is 190 Å². The van der Waals surface area contributed by atoms with Crippen molar-refractivity contribution in [1.82, 2.24) is 0 Å². The first-order chi connectivity index (χ1) is 15.9. The quantitative estimate of drug-likeness (QED) is 0.314. The Morgan fingerprint density at radius 2 is 1.21 bits per heavy atom. The maximum absolute atomic E-state index is 13.1. The molecule has 170 valence electrons. The molecule has 0 spiro atoms. The zero-order valence-corrected chi connectivity index (χ0v) is 18.1. The van der Waals surface area contributed by atoms with Crippen LogP contribution in [0.25, 0.3) is 0 Å². The van der Waals surface area contributed by atoms with Gasteiger partial charge in [0.15, 0.2) is 17.6 Å². The molecule has 0 bridgehead atoms. The third-order valence-electron chi connectivity index (χ3n) is 4.57. The average molecular weight is 449 g/mol. The van der Waals surface area contributed by atoms with E-state index in [0.29, 0.717) is 0 Å². The number of hydrogen-bond donors (Lipinski definition) is 1. The number of benzene rings is 3. The van der Waals surface area contributed by atoms with Crippen LogP contribution in [-0.4, -0.2) is 17.9 Å². The molecule has 0 aromatic heterocycles. The third kappa shape index (κ3) is 6.25. The summed E-state index contributed by atoms with van der Waals surface area (Å²) < 4.78 is 16.0. The third-order valence-corrected chi connectivity index (χ3v) is 4.57. The normalized spacial score (nSPS) is 11.5. The molecule has 0 fully saturated rings. The Bertz CT molecular complexity index is 1080. The first-order valence-electron chi connectivity index (χ1n) is 10.1. The van der Waals surface area contributed by atoms with Crippen LogP contribution in [0.15, 0.2) is 78.9 Å². The minimum atomic E-state index is -1.33. The molecule has 0 heterocycles. The van der Waals surface area contributed by atoms with E-state index in [1.165, 1.54) is 32.0 Å². The smallest absolute Gasteiger partial charge is 0.343 e. The zero-order valence-electron chi connectivity index (χ0n) is 18.1. The van der Waals surface area contributed by atoms with Crippen LogP contribution in [0.1, 0.15) is 42.7 Å². The SMILES string of the molecule is CC(=O)Oc1ccc([C@H](ON)C(=O)OC(c2ccccc2)c2ccccc2)cc1OC(C)=O. The van der Waals surface area contributed by atoms with Crippen LogP contribution >= 0.6 is 0 Å². The molecular weight excluding hydrogens is 426 g/mol. The molecule has 3 rings (SSSR count). The van der Waals surface area contributed by atoms with E-state index in [4.69, 9.17) is 24.9 Å². The molecule has 3 aromatic carbocycles. The van der Waals surface area contributed by atoms with E-state index in [1.54, 1.807) is 0 Å². The fourth-order valence-electron chi connectivity index (χ4n) is 3.19. The second-order valence-corrected chi connectivity index (χ2v) is 7.05. The Morgan fingerprint density at radius 1 is 0.697 bits per heavy atom. The molecule has 0 radical (unpaired) electrons. The summed E-state index contributed by atoms with van der Waals surface area (Å²) in [5.41, 5.74) is 1.77. The highest BCUT2D eigenvalue weighted by Crippen LogP contribution is 2.34. The van der Waals surface area contributed by atoms with Crippen molar-refractivity contribution in [1.29, 1.82) is 0 Å². The number of ether oxygens (including phenoxy) is 3. The van der Waals surface area contributed by atoms with Crippen LogP contribution in [0, 0.1) is 0 Å². The molecule has 0 aliphatic heterocycles. The lowest BCUT2D eigenvalue weighted by atomic mass is 10.0. The van der Waals surface area contributed by atoms with Crippen molar-refractivity contribution >= 4 is 17.9 Å². The van der Waals surface area contributed by atoms with Gasteiger partial charge >= 0.3 is 17.9 Å². The van der Waals surface area contributed by atoms with E-state index in [2.05, 4.69) is 0 Å². The van der Waals surface area contributed by atoms with E-state index in [1.807, 2.05) is 60.7 Å². The maximum atomic E-state index is 13.1. The second-order valence-electron chi connectivity index (χ2n) is 7.05. The average Bonchev–Trinajstić information content (AvgIpc) is 2.80. The van der Waals surface area contributed by atoms with Crippen LogP contribution in [0.5, 0.6) is 11.5 Å². The van der Waals surface area contributed by atoms with Crippen molar-refractivity contribution in [2.75, 3.05) is 0 Å². The van der Waals surface area contributed by atoms with Gasteiger partial charge in [0.1, 0.15) is 0 Å². The second kappa shape index (κ2) is 11.0. The molecule has 2 N–H and O–H groups in total.